The monoisotopic (exact) mass is 510 g/mol. The van der Waals surface area contributed by atoms with Gasteiger partial charge in [-0.15, -0.1) is 0 Å². The molecule has 0 bridgehead atoms. The van der Waals surface area contributed by atoms with Crippen molar-refractivity contribution in [3.63, 3.8) is 0 Å². The Morgan fingerprint density at radius 3 is 2.41 bits per heavy atom. The second-order valence-corrected chi connectivity index (χ2v) is 9.78. The fourth-order valence-electron chi connectivity index (χ4n) is 3.29. The highest BCUT2D eigenvalue weighted by molar-refractivity contribution is 7.89. The first-order chi connectivity index (χ1) is 15.0. The van der Waals surface area contributed by atoms with Crippen molar-refractivity contribution in [1.29, 1.82) is 0 Å². The molecule has 174 valence electrons. The van der Waals surface area contributed by atoms with E-state index in [0.29, 0.717) is 6.07 Å². The van der Waals surface area contributed by atoms with Crippen LogP contribution in [0.5, 0.6) is 5.75 Å². The lowest BCUT2D eigenvalue weighted by Gasteiger charge is -2.15. The number of ether oxygens (including phenoxy) is 1. The Hall–Kier alpha value is -2.01. The van der Waals surface area contributed by atoms with Crippen molar-refractivity contribution in [2.75, 3.05) is 11.9 Å². The first kappa shape index (κ1) is 24.6. The molecule has 1 saturated carbocycles. The zero-order valence-electron chi connectivity index (χ0n) is 16.5. The number of hydrogen-bond donors (Lipinski definition) is 2. The summed E-state index contributed by atoms with van der Waals surface area (Å²) in [6, 6.07) is 6.57. The van der Waals surface area contributed by atoms with Gasteiger partial charge in [-0.25, -0.2) is 13.1 Å². The predicted octanol–water partition coefficient (Wildman–Crippen LogP) is 5.25. The van der Waals surface area contributed by atoms with Gasteiger partial charge in [0.25, 0.3) is 5.91 Å². The lowest BCUT2D eigenvalue weighted by molar-refractivity contribution is -0.137. The molecule has 32 heavy (non-hydrogen) atoms. The van der Waals surface area contributed by atoms with Crippen LogP contribution in [0.2, 0.25) is 10.0 Å². The Morgan fingerprint density at radius 2 is 1.78 bits per heavy atom. The van der Waals surface area contributed by atoms with Crippen molar-refractivity contribution < 1.29 is 31.1 Å². The van der Waals surface area contributed by atoms with Crippen LogP contribution in [0.25, 0.3) is 0 Å². The Bertz CT molecular complexity index is 1100. The quantitative estimate of drug-likeness (QED) is 0.532. The molecule has 2 aromatic carbocycles. The highest BCUT2D eigenvalue weighted by Gasteiger charge is 2.34. The van der Waals surface area contributed by atoms with E-state index in [2.05, 4.69) is 10.0 Å². The third kappa shape index (κ3) is 6.28. The van der Waals surface area contributed by atoms with E-state index < -0.39 is 40.0 Å². The number of hydrogen-bond acceptors (Lipinski definition) is 4. The maximum Gasteiger partial charge on any atom is 0.418 e. The van der Waals surface area contributed by atoms with Crippen LogP contribution in [0.15, 0.2) is 41.3 Å². The van der Waals surface area contributed by atoms with Gasteiger partial charge in [0.05, 0.1) is 21.2 Å². The molecule has 0 radical (unpaired) electrons. The van der Waals surface area contributed by atoms with Gasteiger partial charge in [0.1, 0.15) is 5.75 Å². The van der Waals surface area contributed by atoms with Crippen LogP contribution in [0.4, 0.5) is 18.9 Å². The van der Waals surface area contributed by atoms with Gasteiger partial charge >= 0.3 is 6.18 Å². The topological polar surface area (TPSA) is 84.5 Å². The summed E-state index contributed by atoms with van der Waals surface area (Å²) < 4.78 is 72.2. The van der Waals surface area contributed by atoms with Crippen LogP contribution in [0.3, 0.4) is 0 Å². The third-order valence-corrected chi connectivity index (χ3v) is 6.86. The summed E-state index contributed by atoms with van der Waals surface area (Å²) in [4.78, 5) is 12.0. The average molecular weight is 511 g/mol. The van der Waals surface area contributed by atoms with E-state index >= 15 is 0 Å². The highest BCUT2D eigenvalue weighted by Crippen LogP contribution is 2.36. The van der Waals surface area contributed by atoms with Crippen LogP contribution in [-0.4, -0.2) is 27.0 Å². The van der Waals surface area contributed by atoms with Crippen molar-refractivity contribution >= 4 is 44.8 Å². The lowest BCUT2D eigenvalue weighted by atomic mass is 10.1. The number of anilines is 1. The van der Waals surface area contributed by atoms with Crippen LogP contribution in [0.1, 0.15) is 31.2 Å². The molecule has 2 N–H and O–H groups in total. The SMILES string of the molecule is O=C(COc1ccc(S(=O)(=O)NC2CCCC2)cc1Cl)Nc1ccc(Cl)cc1C(F)(F)F. The summed E-state index contributed by atoms with van der Waals surface area (Å²) in [5.41, 5.74) is -1.57. The molecule has 1 amide bonds. The minimum Gasteiger partial charge on any atom is -0.482 e. The van der Waals surface area contributed by atoms with E-state index in [9.17, 15) is 26.4 Å². The standard InChI is InChI=1S/C20H19Cl2F3N2O4S/c21-12-5-7-17(15(9-12)20(23,24)25)26-19(28)11-31-18-8-6-14(10-16(18)22)32(29,30)27-13-3-1-2-4-13/h5-10,13,27H,1-4,11H2,(H,26,28). The van der Waals surface area contributed by atoms with Crippen LogP contribution in [-0.2, 0) is 21.0 Å². The second kappa shape index (κ2) is 9.86. The van der Waals surface area contributed by atoms with Crippen LogP contribution in [0, 0.1) is 0 Å². The summed E-state index contributed by atoms with van der Waals surface area (Å²) in [5, 5.41) is 1.93. The van der Waals surface area contributed by atoms with Crippen molar-refractivity contribution in [2.24, 2.45) is 0 Å². The number of carbonyl (C=O) groups excluding carboxylic acids is 1. The number of carbonyl (C=O) groups is 1. The Kier molecular flexibility index (Phi) is 7.59. The van der Waals surface area contributed by atoms with Gasteiger partial charge in [0.15, 0.2) is 6.61 Å². The molecule has 0 spiro atoms. The molecular weight excluding hydrogens is 492 g/mol. The van der Waals surface area contributed by atoms with E-state index in [-0.39, 0.29) is 26.7 Å². The minimum absolute atomic E-state index is 0.00813. The number of halogens is 5. The van der Waals surface area contributed by atoms with Gasteiger partial charge in [0, 0.05) is 11.1 Å². The lowest BCUT2D eigenvalue weighted by Crippen LogP contribution is -2.32. The number of sulfonamides is 1. The number of alkyl halides is 3. The molecule has 12 heteroatoms. The smallest absolute Gasteiger partial charge is 0.418 e. The first-order valence-electron chi connectivity index (χ1n) is 9.57. The van der Waals surface area contributed by atoms with Crippen molar-refractivity contribution in [2.45, 2.75) is 42.8 Å². The summed E-state index contributed by atoms with van der Waals surface area (Å²) in [5.74, 6) is -0.859. The van der Waals surface area contributed by atoms with E-state index in [0.717, 1.165) is 31.7 Å². The van der Waals surface area contributed by atoms with Gasteiger partial charge in [-0.1, -0.05) is 36.0 Å². The summed E-state index contributed by atoms with van der Waals surface area (Å²) in [7, 11) is -3.76. The minimum atomic E-state index is -4.72. The maximum atomic E-state index is 13.1. The summed E-state index contributed by atoms with van der Waals surface area (Å²) >= 11 is 11.7. The zero-order valence-corrected chi connectivity index (χ0v) is 18.8. The van der Waals surface area contributed by atoms with Gasteiger partial charge in [-0.3, -0.25) is 4.79 Å². The summed E-state index contributed by atoms with van der Waals surface area (Å²) in [6.45, 7) is -0.647. The van der Waals surface area contributed by atoms with Gasteiger partial charge in [-0.05, 0) is 49.2 Å². The largest absolute Gasteiger partial charge is 0.482 e. The number of amides is 1. The highest BCUT2D eigenvalue weighted by atomic mass is 35.5. The molecule has 0 saturated heterocycles. The molecule has 0 heterocycles. The van der Waals surface area contributed by atoms with E-state index in [1.54, 1.807) is 0 Å². The molecule has 3 rings (SSSR count). The molecule has 1 fully saturated rings. The van der Waals surface area contributed by atoms with Crippen LogP contribution >= 0.6 is 23.2 Å². The maximum absolute atomic E-state index is 13.1. The Morgan fingerprint density at radius 1 is 1.09 bits per heavy atom. The summed E-state index contributed by atoms with van der Waals surface area (Å²) in [6.07, 6.45) is -1.25. The molecule has 0 unspecified atom stereocenters. The van der Waals surface area contributed by atoms with Gasteiger partial charge < -0.3 is 10.1 Å². The van der Waals surface area contributed by atoms with Crippen LogP contribution < -0.4 is 14.8 Å². The Balaban J connectivity index is 1.64. The number of benzene rings is 2. The average Bonchev–Trinajstić information content (AvgIpc) is 3.20. The normalized spacial score (nSPS) is 15.0. The molecule has 6 nitrogen and oxygen atoms in total. The van der Waals surface area contributed by atoms with Crippen molar-refractivity contribution in [1.82, 2.24) is 4.72 Å². The molecule has 1 aliphatic rings. The fourth-order valence-corrected chi connectivity index (χ4v) is 5.09. The Labute approximate surface area is 193 Å². The third-order valence-electron chi connectivity index (χ3n) is 4.81. The molecular formula is C20H19Cl2F3N2O4S. The first-order valence-corrected chi connectivity index (χ1v) is 11.8. The fraction of sp³-hybridized carbons (Fsp3) is 0.350. The van der Waals surface area contributed by atoms with Crippen molar-refractivity contribution in [3.8, 4) is 5.75 Å². The predicted molar refractivity (Wildman–Crippen MR) is 115 cm³/mol. The molecule has 2 aromatic rings. The number of nitrogens with one attached hydrogen (secondary N) is 2. The van der Waals surface area contributed by atoms with Crippen molar-refractivity contribution in [3.05, 3.63) is 52.0 Å². The van der Waals surface area contributed by atoms with E-state index in [4.69, 9.17) is 27.9 Å². The van der Waals surface area contributed by atoms with E-state index in [1.165, 1.54) is 24.3 Å². The second-order valence-electron chi connectivity index (χ2n) is 7.22. The van der Waals surface area contributed by atoms with E-state index in [1.807, 2.05) is 0 Å². The number of rotatable bonds is 7. The molecule has 0 aromatic heterocycles. The molecule has 0 atom stereocenters. The van der Waals surface area contributed by atoms with Gasteiger partial charge in [-0.2, -0.15) is 13.2 Å². The zero-order chi connectivity index (χ0) is 23.5. The van der Waals surface area contributed by atoms with Gasteiger partial charge in [0.2, 0.25) is 10.0 Å². The molecule has 0 aliphatic heterocycles. The molecule has 1 aliphatic carbocycles.